The number of carbonyl (C=O) groups is 2. The van der Waals surface area contributed by atoms with Crippen molar-refractivity contribution in [1.82, 2.24) is 10.1 Å². The Labute approximate surface area is 194 Å². The molecule has 0 unspecified atom stereocenters. The van der Waals surface area contributed by atoms with Crippen molar-refractivity contribution < 1.29 is 14.1 Å². The topological polar surface area (TPSA) is 88.0 Å². The monoisotopic (exact) mass is 455 g/mol. The molecule has 2 aromatic heterocycles. The molecular weight excluding hydrogens is 438 g/mol. The summed E-state index contributed by atoms with van der Waals surface area (Å²) in [5.41, 5.74) is 3.28. The predicted molar refractivity (Wildman–Crippen MR) is 128 cm³/mol. The number of anilines is 1. The lowest BCUT2D eigenvalue weighted by molar-refractivity contribution is 0.102. The van der Waals surface area contributed by atoms with E-state index in [-0.39, 0.29) is 11.5 Å². The molecule has 2 N–H and O–H groups in total. The van der Waals surface area contributed by atoms with Gasteiger partial charge in [-0.3, -0.25) is 9.59 Å². The van der Waals surface area contributed by atoms with Crippen molar-refractivity contribution in [3.63, 3.8) is 0 Å². The van der Waals surface area contributed by atoms with Gasteiger partial charge in [0.05, 0.1) is 5.69 Å². The molecule has 5 rings (SSSR count). The van der Waals surface area contributed by atoms with Crippen LogP contribution in [0.1, 0.15) is 32.2 Å². The fourth-order valence-electron chi connectivity index (χ4n) is 3.81. The molecule has 0 aliphatic carbocycles. The van der Waals surface area contributed by atoms with E-state index >= 15 is 0 Å². The van der Waals surface area contributed by atoms with Crippen LogP contribution in [0, 0.1) is 6.92 Å². The third kappa shape index (κ3) is 3.81. The van der Waals surface area contributed by atoms with Gasteiger partial charge in [-0.15, -0.1) is 0 Å². The maximum absolute atomic E-state index is 13.4. The van der Waals surface area contributed by atoms with E-state index < -0.39 is 5.91 Å². The van der Waals surface area contributed by atoms with E-state index in [4.69, 9.17) is 16.1 Å². The number of H-pyrrole nitrogens is 1. The zero-order valence-electron chi connectivity index (χ0n) is 17.6. The van der Waals surface area contributed by atoms with Gasteiger partial charge in [-0.25, -0.2) is 0 Å². The van der Waals surface area contributed by atoms with Crippen LogP contribution in [0.15, 0.2) is 83.4 Å². The summed E-state index contributed by atoms with van der Waals surface area (Å²) < 4.78 is 5.34. The first-order valence-corrected chi connectivity index (χ1v) is 10.6. The third-order valence-electron chi connectivity index (χ3n) is 5.40. The summed E-state index contributed by atoms with van der Waals surface area (Å²) in [4.78, 5) is 29.9. The molecule has 3 aromatic carbocycles. The van der Waals surface area contributed by atoms with Gasteiger partial charge in [0.1, 0.15) is 22.7 Å². The number of fused-ring (bicyclic) bond motifs is 1. The summed E-state index contributed by atoms with van der Waals surface area (Å²) in [5, 5.41) is 8.19. The Balaban J connectivity index is 1.61. The van der Waals surface area contributed by atoms with E-state index in [0.717, 1.165) is 5.56 Å². The second kappa shape index (κ2) is 8.41. The zero-order chi connectivity index (χ0) is 22.9. The molecule has 0 saturated heterocycles. The fourth-order valence-corrected chi connectivity index (χ4v) is 3.98. The van der Waals surface area contributed by atoms with Crippen LogP contribution in [-0.2, 0) is 0 Å². The normalized spacial score (nSPS) is 11.0. The molecule has 6 nitrogen and oxygen atoms in total. The van der Waals surface area contributed by atoms with E-state index in [1.807, 2.05) is 36.4 Å². The van der Waals surface area contributed by atoms with Crippen molar-refractivity contribution in [2.75, 3.05) is 5.32 Å². The minimum absolute atomic E-state index is 0.247. The van der Waals surface area contributed by atoms with Crippen LogP contribution in [-0.4, -0.2) is 21.8 Å². The van der Waals surface area contributed by atoms with Crippen LogP contribution in [0.3, 0.4) is 0 Å². The van der Waals surface area contributed by atoms with Crippen LogP contribution in [0.5, 0.6) is 0 Å². The van der Waals surface area contributed by atoms with Crippen LogP contribution in [0.4, 0.5) is 5.69 Å². The molecule has 0 aliphatic rings. The number of nitrogens with zero attached hydrogens (tertiary/aromatic N) is 1. The minimum atomic E-state index is -0.425. The third-order valence-corrected chi connectivity index (χ3v) is 5.63. The Kier molecular flexibility index (Phi) is 5.28. The number of aromatic amines is 1. The summed E-state index contributed by atoms with van der Waals surface area (Å²) >= 11 is 6.16. The highest BCUT2D eigenvalue weighted by molar-refractivity contribution is 6.31. The first-order valence-electron chi connectivity index (χ1n) is 10.3. The number of rotatable bonds is 5. The maximum Gasteiger partial charge on any atom is 0.261 e. The number of aromatic nitrogens is 2. The lowest BCUT2D eigenvalue weighted by Gasteiger charge is -2.08. The van der Waals surface area contributed by atoms with Crippen molar-refractivity contribution in [2.45, 2.75) is 6.92 Å². The van der Waals surface area contributed by atoms with Gasteiger partial charge >= 0.3 is 0 Å². The van der Waals surface area contributed by atoms with Crippen molar-refractivity contribution in [1.29, 1.82) is 0 Å². The predicted octanol–water partition coefficient (Wildman–Crippen LogP) is 6.27. The Morgan fingerprint density at radius 2 is 1.67 bits per heavy atom. The highest BCUT2D eigenvalue weighted by atomic mass is 35.5. The first kappa shape index (κ1) is 20.7. The average molecular weight is 456 g/mol. The number of aryl methyl sites for hydroxylation is 1. The fraction of sp³-hybridized carbons (Fsp3) is 0.0385. The molecule has 33 heavy (non-hydrogen) atoms. The second-order valence-electron chi connectivity index (χ2n) is 7.54. The van der Waals surface area contributed by atoms with E-state index in [2.05, 4.69) is 15.5 Å². The van der Waals surface area contributed by atoms with Gasteiger partial charge < -0.3 is 14.8 Å². The number of amides is 1. The summed E-state index contributed by atoms with van der Waals surface area (Å²) in [6.45, 7) is 1.68. The molecule has 7 heteroatoms. The number of nitrogens with one attached hydrogen (secondary N) is 2. The Bertz CT molecular complexity index is 1490. The summed E-state index contributed by atoms with van der Waals surface area (Å²) in [7, 11) is 0. The van der Waals surface area contributed by atoms with E-state index in [9.17, 15) is 9.59 Å². The number of hydrogen-bond acceptors (Lipinski definition) is 4. The Hall–Kier alpha value is -4.16. The largest absolute Gasteiger partial charge is 0.360 e. The molecule has 0 saturated carbocycles. The van der Waals surface area contributed by atoms with E-state index in [1.54, 1.807) is 49.4 Å². The van der Waals surface area contributed by atoms with Crippen molar-refractivity contribution in [3.05, 3.63) is 106 Å². The van der Waals surface area contributed by atoms with Crippen LogP contribution in [0.2, 0.25) is 5.02 Å². The van der Waals surface area contributed by atoms with Gasteiger partial charge in [0.2, 0.25) is 5.78 Å². The highest BCUT2D eigenvalue weighted by Gasteiger charge is 2.26. The van der Waals surface area contributed by atoms with Crippen molar-refractivity contribution in [3.8, 4) is 11.3 Å². The quantitative estimate of drug-likeness (QED) is 0.306. The summed E-state index contributed by atoms with van der Waals surface area (Å²) in [6.07, 6.45) is 0. The SMILES string of the molecule is Cc1onc(-c2ccccc2)c1C(=O)Nc1c(C(=O)c2ccccc2)[nH]c2cc(Cl)ccc12. The molecule has 0 aliphatic heterocycles. The van der Waals surface area contributed by atoms with Crippen LogP contribution >= 0.6 is 11.6 Å². The van der Waals surface area contributed by atoms with E-state index in [1.165, 1.54) is 0 Å². The van der Waals surface area contributed by atoms with Crippen molar-refractivity contribution in [2.24, 2.45) is 0 Å². The Morgan fingerprint density at radius 3 is 2.39 bits per heavy atom. The molecule has 0 atom stereocenters. The molecule has 0 bridgehead atoms. The first-order chi connectivity index (χ1) is 16.0. The van der Waals surface area contributed by atoms with Gasteiger partial charge in [0.15, 0.2) is 0 Å². The van der Waals surface area contributed by atoms with Crippen LogP contribution in [0.25, 0.3) is 22.2 Å². The Morgan fingerprint density at radius 1 is 0.970 bits per heavy atom. The molecule has 0 spiro atoms. The number of halogens is 1. The number of carbonyl (C=O) groups excluding carboxylic acids is 2. The number of hydrogen-bond donors (Lipinski definition) is 2. The summed E-state index contributed by atoms with van der Waals surface area (Å²) in [5.74, 6) is -0.292. The molecule has 162 valence electrons. The second-order valence-corrected chi connectivity index (χ2v) is 7.98. The number of ketones is 1. The molecule has 0 radical (unpaired) electrons. The highest BCUT2D eigenvalue weighted by Crippen LogP contribution is 2.33. The molecular formula is C26H18ClN3O3. The van der Waals surface area contributed by atoms with Crippen molar-refractivity contribution >= 4 is 39.9 Å². The lowest BCUT2D eigenvalue weighted by Crippen LogP contribution is -2.16. The molecule has 0 fully saturated rings. The van der Waals surface area contributed by atoms with Crippen LogP contribution < -0.4 is 5.32 Å². The van der Waals surface area contributed by atoms with Gasteiger partial charge in [-0.2, -0.15) is 0 Å². The maximum atomic E-state index is 13.4. The molecule has 1 amide bonds. The smallest absolute Gasteiger partial charge is 0.261 e. The van der Waals surface area contributed by atoms with Gasteiger partial charge in [-0.05, 0) is 25.1 Å². The van der Waals surface area contributed by atoms with Gasteiger partial charge in [0, 0.05) is 27.1 Å². The van der Waals surface area contributed by atoms with E-state index in [0.29, 0.717) is 44.2 Å². The minimum Gasteiger partial charge on any atom is -0.360 e. The zero-order valence-corrected chi connectivity index (χ0v) is 18.3. The standard InChI is InChI=1S/C26H18ClN3O3/c1-15-21(22(30-33-15)16-8-4-2-5-9-16)26(32)29-23-19-13-12-18(27)14-20(19)28-24(23)25(31)17-10-6-3-7-11-17/h2-14,28H,1H3,(H,29,32). The number of benzene rings is 3. The van der Waals surface area contributed by atoms with Gasteiger partial charge in [0.25, 0.3) is 5.91 Å². The molecule has 2 heterocycles. The van der Waals surface area contributed by atoms with Gasteiger partial charge in [-0.1, -0.05) is 77.4 Å². The molecule has 5 aromatic rings. The average Bonchev–Trinajstić information content (AvgIpc) is 3.40. The summed E-state index contributed by atoms with van der Waals surface area (Å²) in [6, 6.07) is 23.4. The lowest BCUT2D eigenvalue weighted by atomic mass is 10.0.